The lowest BCUT2D eigenvalue weighted by molar-refractivity contribution is -0.140. The highest BCUT2D eigenvalue weighted by atomic mass is 32.1. The molecular weight excluding hydrogens is 426 g/mol. The van der Waals surface area contributed by atoms with Crippen LogP contribution in [0.25, 0.3) is 10.2 Å². The lowest BCUT2D eigenvalue weighted by atomic mass is 9.77. The SMILES string of the molecule is CC1CCC2(CC1)NC(=O)N(NC(=O)CN1CCC[C@H](c3nc4ccccc4s3)C1)C2=O. The molecule has 1 saturated carbocycles. The molecule has 2 saturated heterocycles. The molecule has 0 bridgehead atoms. The van der Waals surface area contributed by atoms with Gasteiger partial charge in [0.2, 0.25) is 0 Å². The first-order valence-electron chi connectivity index (χ1n) is 11.5. The van der Waals surface area contributed by atoms with Crippen LogP contribution in [0.5, 0.6) is 0 Å². The van der Waals surface area contributed by atoms with Crippen LogP contribution in [0.4, 0.5) is 4.79 Å². The van der Waals surface area contributed by atoms with Crippen molar-refractivity contribution in [2.75, 3.05) is 19.6 Å². The van der Waals surface area contributed by atoms with Crippen molar-refractivity contribution >= 4 is 39.4 Å². The molecule has 5 rings (SSSR count). The summed E-state index contributed by atoms with van der Waals surface area (Å²) in [6.45, 7) is 3.88. The summed E-state index contributed by atoms with van der Waals surface area (Å²) in [5, 5.41) is 4.85. The van der Waals surface area contributed by atoms with Crippen LogP contribution in [0.15, 0.2) is 24.3 Å². The second-order valence-electron chi connectivity index (χ2n) is 9.46. The van der Waals surface area contributed by atoms with Crippen molar-refractivity contribution in [1.82, 2.24) is 25.6 Å². The van der Waals surface area contributed by atoms with E-state index in [1.165, 1.54) is 4.70 Å². The lowest BCUT2D eigenvalue weighted by Gasteiger charge is -2.33. The molecule has 0 unspecified atom stereocenters. The first-order chi connectivity index (χ1) is 15.4. The van der Waals surface area contributed by atoms with Gasteiger partial charge in [-0.15, -0.1) is 11.3 Å². The monoisotopic (exact) mass is 455 g/mol. The van der Waals surface area contributed by atoms with Crippen molar-refractivity contribution in [3.05, 3.63) is 29.3 Å². The minimum atomic E-state index is -0.847. The highest BCUT2D eigenvalue weighted by Gasteiger charge is 2.52. The van der Waals surface area contributed by atoms with Crippen LogP contribution in [-0.4, -0.2) is 57.9 Å². The molecule has 3 aliphatic rings. The van der Waals surface area contributed by atoms with Gasteiger partial charge in [0.25, 0.3) is 11.8 Å². The molecule has 4 amide bonds. The van der Waals surface area contributed by atoms with Crippen LogP contribution in [0, 0.1) is 5.92 Å². The van der Waals surface area contributed by atoms with Gasteiger partial charge in [0, 0.05) is 12.5 Å². The second-order valence-corrected chi connectivity index (χ2v) is 10.5. The summed E-state index contributed by atoms with van der Waals surface area (Å²) in [4.78, 5) is 45.0. The number of hydrazine groups is 1. The van der Waals surface area contributed by atoms with Gasteiger partial charge in [-0.3, -0.25) is 19.9 Å². The summed E-state index contributed by atoms with van der Waals surface area (Å²) >= 11 is 1.72. The molecule has 3 heterocycles. The van der Waals surface area contributed by atoms with Gasteiger partial charge in [-0.1, -0.05) is 19.1 Å². The molecule has 1 atom stereocenters. The van der Waals surface area contributed by atoms with Crippen molar-refractivity contribution in [2.45, 2.75) is 56.9 Å². The Labute approximate surface area is 191 Å². The molecule has 170 valence electrons. The van der Waals surface area contributed by atoms with Gasteiger partial charge in [0.1, 0.15) is 5.54 Å². The van der Waals surface area contributed by atoms with Crippen LogP contribution in [0.3, 0.4) is 0 Å². The number of para-hydroxylation sites is 1. The average molecular weight is 456 g/mol. The zero-order valence-corrected chi connectivity index (χ0v) is 19.1. The van der Waals surface area contributed by atoms with Crippen molar-refractivity contribution in [3.8, 4) is 0 Å². The van der Waals surface area contributed by atoms with Crippen molar-refractivity contribution < 1.29 is 14.4 Å². The fourth-order valence-corrected chi connectivity index (χ4v) is 6.24. The van der Waals surface area contributed by atoms with E-state index in [1.807, 2.05) is 18.2 Å². The van der Waals surface area contributed by atoms with Gasteiger partial charge < -0.3 is 5.32 Å². The number of hydrogen-bond acceptors (Lipinski definition) is 6. The number of fused-ring (bicyclic) bond motifs is 1. The molecule has 1 aliphatic carbocycles. The smallest absolute Gasteiger partial charge is 0.322 e. The number of rotatable bonds is 4. The summed E-state index contributed by atoms with van der Waals surface area (Å²) in [5.74, 6) is 0.183. The number of nitrogens with zero attached hydrogens (tertiary/aromatic N) is 3. The Morgan fingerprint density at radius 1 is 1.25 bits per heavy atom. The Hall–Kier alpha value is -2.52. The van der Waals surface area contributed by atoms with E-state index in [-0.39, 0.29) is 24.3 Å². The average Bonchev–Trinajstić information content (AvgIpc) is 3.31. The summed E-state index contributed by atoms with van der Waals surface area (Å²) in [7, 11) is 0. The third kappa shape index (κ3) is 3.99. The molecule has 32 heavy (non-hydrogen) atoms. The van der Waals surface area contributed by atoms with Crippen LogP contribution in [-0.2, 0) is 9.59 Å². The van der Waals surface area contributed by atoms with Crippen molar-refractivity contribution in [1.29, 1.82) is 0 Å². The molecule has 1 spiro atoms. The van der Waals surface area contributed by atoms with Gasteiger partial charge in [0.05, 0.1) is 21.8 Å². The first-order valence-corrected chi connectivity index (χ1v) is 12.3. The van der Waals surface area contributed by atoms with Crippen LogP contribution in [0.1, 0.15) is 56.4 Å². The number of likely N-dealkylation sites (tertiary alicyclic amines) is 1. The van der Waals surface area contributed by atoms with Gasteiger partial charge in [-0.25, -0.2) is 9.78 Å². The maximum absolute atomic E-state index is 13.0. The largest absolute Gasteiger partial charge is 0.344 e. The minimum Gasteiger partial charge on any atom is -0.322 e. The summed E-state index contributed by atoms with van der Waals surface area (Å²) < 4.78 is 1.18. The Bertz CT molecular complexity index is 1010. The van der Waals surface area contributed by atoms with E-state index in [9.17, 15) is 14.4 Å². The van der Waals surface area contributed by atoms with E-state index >= 15 is 0 Å². The number of thiazole rings is 1. The number of carbonyl (C=O) groups excluding carboxylic acids is 3. The summed E-state index contributed by atoms with van der Waals surface area (Å²) in [6, 6.07) is 7.61. The Balaban J connectivity index is 1.19. The van der Waals surface area contributed by atoms with E-state index < -0.39 is 11.6 Å². The third-order valence-electron chi connectivity index (χ3n) is 7.06. The highest BCUT2D eigenvalue weighted by Crippen LogP contribution is 2.36. The third-order valence-corrected chi connectivity index (χ3v) is 8.26. The minimum absolute atomic E-state index is 0.155. The Morgan fingerprint density at radius 3 is 2.81 bits per heavy atom. The van der Waals surface area contributed by atoms with E-state index in [0.29, 0.717) is 18.8 Å². The highest BCUT2D eigenvalue weighted by molar-refractivity contribution is 7.18. The fraction of sp³-hybridized carbons (Fsp3) is 0.565. The number of urea groups is 1. The zero-order valence-electron chi connectivity index (χ0n) is 18.3. The fourth-order valence-electron chi connectivity index (χ4n) is 5.14. The number of benzene rings is 1. The van der Waals surface area contributed by atoms with Crippen LogP contribution in [0.2, 0.25) is 0 Å². The number of nitrogens with one attached hydrogen (secondary N) is 2. The Morgan fingerprint density at radius 2 is 2.03 bits per heavy atom. The summed E-state index contributed by atoms with van der Waals surface area (Å²) in [6.07, 6.45) is 5.08. The number of carbonyl (C=O) groups is 3. The molecule has 8 nitrogen and oxygen atoms in total. The maximum atomic E-state index is 13.0. The zero-order chi connectivity index (χ0) is 22.3. The number of aromatic nitrogens is 1. The van der Waals surface area contributed by atoms with Gasteiger partial charge in [-0.2, -0.15) is 5.01 Å². The van der Waals surface area contributed by atoms with E-state index in [0.717, 1.165) is 54.3 Å². The molecular formula is C23H29N5O3S. The van der Waals surface area contributed by atoms with E-state index in [4.69, 9.17) is 4.98 Å². The molecule has 2 N–H and O–H groups in total. The number of amides is 4. The molecule has 1 aromatic heterocycles. The number of imide groups is 1. The standard InChI is InChI=1S/C23H29N5O3S/c1-15-8-10-23(11-9-15)21(30)28(22(31)25-23)26-19(29)14-27-12-4-5-16(13-27)20-24-17-6-2-3-7-18(17)32-20/h2-3,6-7,15-16H,4-5,8-14H2,1H3,(H,25,31)(H,26,29)/t15?,16-,23?/m0/s1. The van der Waals surface area contributed by atoms with Crippen LogP contribution >= 0.6 is 11.3 Å². The van der Waals surface area contributed by atoms with Crippen molar-refractivity contribution in [2.24, 2.45) is 5.92 Å². The molecule has 2 aliphatic heterocycles. The molecule has 0 radical (unpaired) electrons. The Kier molecular flexibility index (Phi) is 5.63. The summed E-state index contributed by atoms with van der Waals surface area (Å²) in [5.41, 5.74) is 2.74. The number of piperidine rings is 1. The molecule has 3 fully saturated rings. The van der Waals surface area contributed by atoms with Crippen molar-refractivity contribution in [3.63, 3.8) is 0 Å². The predicted octanol–water partition coefficient (Wildman–Crippen LogP) is 3.01. The van der Waals surface area contributed by atoms with E-state index in [2.05, 4.69) is 28.6 Å². The second kappa shape index (κ2) is 8.44. The van der Waals surface area contributed by atoms with Gasteiger partial charge >= 0.3 is 6.03 Å². The quantitative estimate of drug-likeness (QED) is 0.691. The van der Waals surface area contributed by atoms with E-state index in [1.54, 1.807) is 11.3 Å². The van der Waals surface area contributed by atoms with Crippen LogP contribution < -0.4 is 10.7 Å². The maximum Gasteiger partial charge on any atom is 0.344 e. The normalized spacial score (nSPS) is 29.0. The van der Waals surface area contributed by atoms with Gasteiger partial charge in [0.15, 0.2) is 0 Å². The van der Waals surface area contributed by atoms with Gasteiger partial charge in [-0.05, 0) is 63.1 Å². The molecule has 1 aromatic carbocycles. The first kappa shape index (κ1) is 21.3. The molecule has 9 heteroatoms. The number of hydrogen-bond donors (Lipinski definition) is 2. The molecule has 2 aromatic rings. The topological polar surface area (TPSA) is 94.6 Å². The lowest BCUT2D eigenvalue weighted by Crippen LogP contribution is -2.53. The predicted molar refractivity (Wildman–Crippen MR) is 122 cm³/mol.